The second-order valence-corrected chi connectivity index (χ2v) is 4.21. The fourth-order valence-corrected chi connectivity index (χ4v) is 2.15. The molecule has 0 aromatic heterocycles. The van der Waals surface area contributed by atoms with Crippen LogP contribution in [0.4, 0.5) is 5.69 Å². The Morgan fingerprint density at radius 1 is 1.50 bits per heavy atom. The average Bonchev–Trinajstić information content (AvgIpc) is 2.52. The van der Waals surface area contributed by atoms with Crippen LogP contribution < -0.4 is 5.73 Å². The molecule has 14 heavy (non-hydrogen) atoms. The molecule has 1 atom stereocenters. The van der Waals surface area contributed by atoms with E-state index in [4.69, 9.17) is 5.73 Å². The monoisotopic (exact) mass is 190 g/mol. The number of hydrogen-bond acceptors (Lipinski definition) is 2. The zero-order valence-electron chi connectivity index (χ0n) is 8.74. The summed E-state index contributed by atoms with van der Waals surface area (Å²) in [5.41, 5.74) is 7.95. The number of rotatable bonds is 2. The molecule has 0 radical (unpaired) electrons. The van der Waals surface area contributed by atoms with Crippen LogP contribution in [0.2, 0.25) is 0 Å². The van der Waals surface area contributed by atoms with Crippen LogP contribution in [0.1, 0.15) is 25.3 Å². The van der Waals surface area contributed by atoms with Crippen LogP contribution in [0.5, 0.6) is 0 Å². The Morgan fingerprint density at radius 3 is 3.00 bits per heavy atom. The predicted molar refractivity (Wildman–Crippen MR) is 60.0 cm³/mol. The van der Waals surface area contributed by atoms with Crippen molar-refractivity contribution in [3.63, 3.8) is 0 Å². The largest absolute Gasteiger partial charge is 0.399 e. The normalized spacial score (nSPS) is 22.8. The quantitative estimate of drug-likeness (QED) is 0.725. The van der Waals surface area contributed by atoms with E-state index in [9.17, 15) is 0 Å². The van der Waals surface area contributed by atoms with Gasteiger partial charge in [-0.05, 0) is 44.0 Å². The van der Waals surface area contributed by atoms with Crippen molar-refractivity contribution in [2.45, 2.75) is 32.4 Å². The van der Waals surface area contributed by atoms with Gasteiger partial charge in [0.05, 0.1) is 0 Å². The molecule has 1 aliphatic heterocycles. The molecule has 0 saturated carbocycles. The van der Waals surface area contributed by atoms with Gasteiger partial charge in [0.15, 0.2) is 0 Å². The van der Waals surface area contributed by atoms with Gasteiger partial charge in [-0.1, -0.05) is 12.1 Å². The molecule has 1 aromatic rings. The van der Waals surface area contributed by atoms with E-state index < -0.39 is 0 Å². The number of benzene rings is 1. The van der Waals surface area contributed by atoms with E-state index in [0.717, 1.165) is 18.3 Å². The maximum Gasteiger partial charge on any atom is 0.0317 e. The summed E-state index contributed by atoms with van der Waals surface area (Å²) in [6, 6.07) is 8.94. The molecule has 2 rings (SSSR count). The smallest absolute Gasteiger partial charge is 0.0317 e. The topological polar surface area (TPSA) is 29.3 Å². The number of anilines is 1. The fourth-order valence-electron chi connectivity index (χ4n) is 2.15. The summed E-state index contributed by atoms with van der Waals surface area (Å²) < 4.78 is 0. The van der Waals surface area contributed by atoms with E-state index in [1.165, 1.54) is 24.9 Å². The highest BCUT2D eigenvalue weighted by Crippen LogP contribution is 2.19. The number of nitrogens with two attached hydrogens (primary N) is 1. The molecular formula is C12H18N2. The van der Waals surface area contributed by atoms with E-state index in [2.05, 4.69) is 24.0 Å². The van der Waals surface area contributed by atoms with E-state index in [1.54, 1.807) is 0 Å². The van der Waals surface area contributed by atoms with Crippen molar-refractivity contribution in [1.29, 1.82) is 0 Å². The first-order valence-corrected chi connectivity index (χ1v) is 5.34. The lowest BCUT2D eigenvalue weighted by Gasteiger charge is -2.20. The van der Waals surface area contributed by atoms with Gasteiger partial charge in [0.25, 0.3) is 0 Å². The number of nitrogen functional groups attached to an aromatic ring is 1. The molecule has 1 unspecified atom stereocenters. The minimum atomic E-state index is 0.733. The van der Waals surface area contributed by atoms with Gasteiger partial charge in [-0.2, -0.15) is 0 Å². The van der Waals surface area contributed by atoms with Gasteiger partial charge in [0, 0.05) is 18.3 Å². The van der Waals surface area contributed by atoms with E-state index in [0.29, 0.717) is 0 Å². The van der Waals surface area contributed by atoms with Crippen LogP contribution in [0.25, 0.3) is 0 Å². The molecule has 0 aliphatic carbocycles. The van der Waals surface area contributed by atoms with Crippen LogP contribution in [-0.2, 0) is 6.54 Å². The third-order valence-corrected chi connectivity index (χ3v) is 3.03. The minimum absolute atomic E-state index is 0.733. The highest BCUT2D eigenvalue weighted by atomic mass is 15.2. The van der Waals surface area contributed by atoms with Crippen molar-refractivity contribution in [1.82, 2.24) is 4.90 Å². The van der Waals surface area contributed by atoms with Crippen molar-refractivity contribution < 1.29 is 0 Å². The predicted octanol–water partition coefficient (Wildman–Crippen LogP) is 2.25. The summed E-state index contributed by atoms with van der Waals surface area (Å²) in [6.45, 7) is 4.58. The van der Waals surface area contributed by atoms with E-state index >= 15 is 0 Å². The molecule has 2 nitrogen and oxygen atoms in total. The summed E-state index contributed by atoms with van der Waals surface area (Å²) in [5, 5.41) is 0. The number of hydrogen-bond donors (Lipinski definition) is 1. The standard InChI is InChI=1S/C12H18N2/c1-10-4-3-7-14(10)9-11-5-2-6-12(13)8-11/h2,5-6,8,10H,3-4,7,9,13H2,1H3. The van der Waals surface area contributed by atoms with Gasteiger partial charge in [0.2, 0.25) is 0 Å². The summed E-state index contributed by atoms with van der Waals surface area (Å²) in [4.78, 5) is 2.52. The van der Waals surface area contributed by atoms with Gasteiger partial charge < -0.3 is 5.73 Å². The first kappa shape index (κ1) is 9.53. The van der Waals surface area contributed by atoms with Crippen molar-refractivity contribution in [2.75, 3.05) is 12.3 Å². The molecule has 1 heterocycles. The van der Waals surface area contributed by atoms with Gasteiger partial charge in [0.1, 0.15) is 0 Å². The maximum atomic E-state index is 5.75. The van der Waals surface area contributed by atoms with Gasteiger partial charge >= 0.3 is 0 Å². The second-order valence-electron chi connectivity index (χ2n) is 4.21. The molecule has 1 aromatic carbocycles. The van der Waals surface area contributed by atoms with Crippen LogP contribution in [0.15, 0.2) is 24.3 Å². The molecule has 2 heteroatoms. The molecule has 76 valence electrons. The SMILES string of the molecule is CC1CCCN1Cc1cccc(N)c1. The van der Waals surface area contributed by atoms with Crippen LogP contribution in [0.3, 0.4) is 0 Å². The van der Waals surface area contributed by atoms with Gasteiger partial charge in [-0.15, -0.1) is 0 Å². The zero-order valence-corrected chi connectivity index (χ0v) is 8.74. The molecular weight excluding hydrogens is 172 g/mol. The Labute approximate surface area is 85.7 Å². The molecule has 0 spiro atoms. The first-order chi connectivity index (χ1) is 6.75. The summed E-state index contributed by atoms with van der Waals surface area (Å²) in [7, 11) is 0. The molecule has 1 saturated heterocycles. The third kappa shape index (κ3) is 2.07. The molecule has 0 bridgehead atoms. The highest BCUT2D eigenvalue weighted by Gasteiger charge is 2.19. The lowest BCUT2D eigenvalue weighted by atomic mass is 10.2. The van der Waals surface area contributed by atoms with Crippen molar-refractivity contribution in [2.24, 2.45) is 0 Å². The third-order valence-electron chi connectivity index (χ3n) is 3.03. The highest BCUT2D eigenvalue weighted by molar-refractivity contribution is 5.40. The Bertz CT molecular complexity index is 309. The molecule has 0 amide bonds. The van der Waals surface area contributed by atoms with Crippen molar-refractivity contribution >= 4 is 5.69 Å². The second kappa shape index (κ2) is 4.01. The zero-order chi connectivity index (χ0) is 9.97. The lowest BCUT2D eigenvalue weighted by molar-refractivity contribution is 0.260. The van der Waals surface area contributed by atoms with Crippen LogP contribution >= 0.6 is 0 Å². The Kier molecular flexibility index (Phi) is 2.73. The summed E-state index contributed by atoms with van der Waals surface area (Å²) >= 11 is 0. The lowest BCUT2D eigenvalue weighted by Crippen LogP contribution is -2.26. The van der Waals surface area contributed by atoms with E-state index in [1.807, 2.05) is 12.1 Å². The number of nitrogens with zero attached hydrogens (tertiary/aromatic N) is 1. The summed E-state index contributed by atoms with van der Waals surface area (Å²) in [5.74, 6) is 0. The van der Waals surface area contributed by atoms with Gasteiger partial charge in [-0.3, -0.25) is 4.90 Å². The summed E-state index contributed by atoms with van der Waals surface area (Å²) in [6.07, 6.45) is 2.67. The molecule has 2 N–H and O–H groups in total. The van der Waals surface area contributed by atoms with Crippen LogP contribution in [-0.4, -0.2) is 17.5 Å². The Balaban J connectivity index is 2.03. The van der Waals surface area contributed by atoms with Crippen molar-refractivity contribution in [3.05, 3.63) is 29.8 Å². The Hall–Kier alpha value is -1.02. The Morgan fingerprint density at radius 2 is 2.36 bits per heavy atom. The maximum absolute atomic E-state index is 5.75. The minimum Gasteiger partial charge on any atom is -0.399 e. The molecule has 1 fully saturated rings. The molecule has 1 aliphatic rings. The first-order valence-electron chi connectivity index (χ1n) is 5.34. The number of likely N-dealkylation sites (tertiary alicyclic amines) is 1. The van der Waals surface area contributed by atoms with E-state index in [-0.39, 0.29) is 0 Å². The van der Waals surface area contributed by atoms with Gasteiger partial charge in [-0.25, -0.2) is 0 Å². The average molecular weight is 190 g/mol. The fraction of sp³-hybridized carbons (Fsp3) is 0.500. The van der Waals surface area contributed by atoms with Crippen LogP contribution in [0, 0.1) is 0 Å². The van der Waals surface area contributed by atoms with Crippen molar-refractivity contribution in [3.8, 4) is 0 Å².